The first-order valence-corrected chi connectivity index (χ1v) is 10.1. The molecule has 0 saturated carbocycles. The van der Waals surface area contributed by atoms with Gasteiger partial charge in [-0.25, -0.2) is 0 Å². The summed E-state index contributed by atoms with van der Waals surface area (Å²) in [5, 5.41) is 9.98. The predicted octanol–water partition coefficient (Wildman–Crippen LogP) is 6.35. The van der Waals surface area contributed by atoms with Gasteiger partial charge in [-0.15, -0.1) is 0 Å². The molecular formula is C22H33OP. The standard InChI is InChI=1S/C22H33OP/c1-16-8-7-11-21(3,4)19(16)9-12-24-13-10-20-17(2)14-18(23)15-22(20,5)6/h7-10,12-13,18-19,23-24H,1,11,14-15H2,2-6H3/b12-9+,13-10+. The van der Waals surface area contributed by atoms with E-state index in [9.17, 15) is 5.11 Å². The van der Waals surface area contributed by atoms with Gasteiger partial charge in [0, 0.05) is 5.92 Å². The van der Waals surface area contributed by atoms with Gasteiger partial charge in [0.1, 0.15) is 0 Å². The van der Waals surface area contributed by atoms with Crippen LogP contribution in [0.5, 0.6) is 0 Å². The maximum absolute atomic E-state index is 9.98. The molecule has 132 valence electrons. The summed E-state index contributed by atoms with van der Waals surface area (Å²) in [5.74, 6) is 5.02. The Balaban J connectivity index is 2.01. The van der Waals surface area contributed by atoms with Crippen molar-refractivity contribution in [3.8, 4) is 0 Å². The SMILES string of the molecule is C=C1C=CCC(C)(C)C1/C=C/P/C=C/C1=C(C)CC(O)CC1(C)C. The van der Waals surface area contributed by atoms with Crippen molar-refractivity contribution in [2.45, 2.75) is 60.0 Å². The van der Waals surface area contributed by atoms with E-state index in [1.807, 2.05) is 0 Å². The lowest BCUT2D eigenvalue weighted by molar-refractivity contribution is 0.116. The molecule has 0 aromatic carbocycles. The zero-order chi connectivity index (χ0) is 18.0. The Hall–Kier alpha value is -0.910. The molecule has 0 aliphatic heterocycles. The Labute approximate surface area is 150 Å². The lowest BCUT2D eigenvalue weighted by atomic mass is 9.70. The molecule has 0 heterocycles. The third-order valence-corrected chi connectivity index (χ3v) is 6.17. The highest BCUT2D eigenvalue weighted by Crippen LogP contribution is 2.43. The highest BCUT2D eigenvalue weighted by Gasteiger charge is 2.31. The third kappa shape index (κ3) is 4.58. The van der Waals surface area contributed by atoms with Gasteiger partial charge in [-0.05, 0) is 48.2 Å². The number of aliphatic hydroxyl groups is 1. The average molecular weight is 344 g/mol. The highest BCUT2D eigenvalue weighted by molar-refractivity contribution is 7.45. The summed E-state index contributed by atoms with van der Waals surface area (Å²) in [6.45, 7) is 15.5. The van der Waals surface area contributed by atoms with Crippen LogP contribution < -0.4 is 0 Å². The second-order valence-corrected chi connectivity index (χ2v) is 9.65. The van der Waals surface area contributed by atoms with Crippen LogP contribution in [0.3, 0.4) is 0 Å². The Bertz CT molecular complexity index is 601. The summed E-state index contributed by atoms with van der Waals surface area (Å²) in [5.41, 5.74) is 4.28. The molecule has 3 atom stereocenters. The molecule has 3 unspecified atom stereocenters. The Kier molecular flexibility index (Phi) is 6.10. The lowest BCUT2D eigenvalue weighted by Crippen LogP contribution is -2.28. The van der Waals surface area contributed by atoms with Gasteiger partial charge < -0.3 is 5.11 Å². The summed E-state index contributed by atoms with van der Waals surface area (Å²) >= 11 is 0. The number of allylic oxidation sites excluding steroid dienone is 6. The van der Waals surface area contributed by atoms with E-state index in [1.54, 1.807) is 0 Å². The van der Waals surface area contributed by atoms with Crippen molar-refractivity contribution < 1.29 is 5.11 Å². The molecule has 0 fully saturated rings. The monoisotopic (exact) mass is 344 g/mol. The van der Waals surface area contributed by atoms with E-state index in [0.29, 0.717) is 14.5 Å². The maximum atomic E-state index is 9.98. The molecular weight excluding hydrogens is 311 g/mol. The van der Waals surface area contributed by atoms with Crippen molar-refractivity contribution >= 4 is 8.58 Å². The Morgan fingerprint density at radius 3 is 2.58 bits per heavy atom. The van der Waals surface area contributed by atoms with Crippen LogP contribution in [0.4, 0.5) is 0 Å². The minimum atomic E-state index is -0.188. The minimum absolute atomic E-state index is 0.0664. The molecule has 0 bridgehead atoms. The normalized spacial score (nSPS) is 30.3. The van der Waals surface area contributed by atoms with Crippen LogP contribution >= 0.6 is 8.58 Å². The van der Waals surface area contributed by atoms with Crippen molar-refractivity contribution in [3.63, 3.8) is 0 Å². The van der Waals surface area contributed by atoms with Crippen molar-refractivity contribution in [1.29, 1.82) is 0 Å². The van der Waals surface area contributed by atoms with Gasteiger partial charge in [-0.2, -0.15) is 0 Å². The van der Waals surface area contributed by atoms with Crippen molar-refractivity contribution in [1.82, 2.24) is 0 Å². The van der Waals surface area contributed by atoms with Crippen LogP contribution in [0, 0.1) is 16.7 Å². The highest BCUT2D eigenvalue weighted by atomic mass is 31.1. The second-order valence-electron chi connectivity index (χ2n) is 8.65. The molecule has 2 aliphatic rings. The topological polar surface area (TPSA) is 20.2 Å². The zero-order valence-electron chi connectivity index (χ0n) is 15.9. The fourth-order valence-corrected chi connectivity index (χ4v) is 4.83. The predicted molar refractivity (Wildman–Crippen MR) is 108 cm³/mol. The van der Waals surface area contributed by atoms with Crippen molar-refractivity contribution in [2.75, 3.05) is 0 Å². The van der Waals surface area contributed by atoms with E-state index in [2.05, 4.69) is 77.1 Å². The molecule has 0 saturated heterocycles. The molecule has 1 nitrogen and oxygen atoms in total. The molecule has 2 heteroatoms. The van der Waals surface area contributed by atoms with Gasteiger partial charge in [-0.1, -0.05) is 84.4 Å². The smallest absolute Gasteiger partial charge is 0.0585 e. The second kappa shape index (κ2) is 7.54. The van der Waals surface area contributed by atoms with Crippen LogP contribution in [0.2, 0.25) is 0 Å². The largest absolute Gasteiger partial charge is 0.393 e. The van der Waals surface area contributed by atoms with E-state index in [1.165, 1.54) is 16.7 Å². The maximum Gasteiger partial charge on any atom is 0.0585 e. The van der Waals surface area contributed by atoms with Crippen molar-refractivity contribution in [3.05, 3.63) is 59.2 Å². The van der Waals surface area contributed by atoms with E-state index in [0.717, 1.165) is 19.3 Å². The third-order valence-electron chi connectivity index (χ3n) is 5.43. The van der Waals surface area contributed by atoms with E-state index < -0.39 is 0 Å². The van der Waals surface area contributed by atoms with Gasteiger partial charge in [0.2, 0.25) is 0 Å². The molecule has 0 radical (unpaired) electrons. The number of hydrogen-bond donors (Lipinski definition) is 1. The number of hydrogen-bond acceptors (Lipinski definition) is 1. The summed E-state index contributed by atoms with van der Waals surface area (Å²) in [7, 11) is 0.683. The molecule has 2 aliphatic carbocycles. The summed E-state index contributed by atoms with van der Waals surface area (Å²) in [4.78, 5) is 0. The molecule has 0 amide bonds. The van der Waals surface area contributed by atoms with Gasteiger partial charge in [0.15, 0.2) is 0 Å². The van der Waals surface area contributed by atoms with Crippen LogP contribution in [0.25, 0.3) is 0 Å². The fourth-order valence-electron chi connectivity index (χ4n) is 4.15. The van der Waals surface area contributed by atoms with E-state index >= 15 is 0 Å². The van der Waals surface area contributed by atoms with Crippen LogP contribution in [-0.4, -0.2) is 11.2 Å². The van der Waals surface area contributed by atoms with Crippen molar-refractivity contribution in [2.24, 2.45) is 16.7 Å². The van der Waals surface area contributed by atoms with Crippen LogP contribution in [-0.2, 0) is 0 Å². The molecule has 0 spiro atoms. The van der Waals surface area contributed by atoms with Gasteiger partial charge in [0.05, 0.1) is 6.10 Å². The Morgan fingerprint density at radius 1 is 1.25 bits per heavy atom. The zero-order valence-corrected chi connectivity index (χ0v) is 16.9. The molecule has 24 heavy (non-hydrogen) atoms. The molecule has 0 aromatic rings. The van der Waals surface area contributed by atoms with E-state index in [-0.39, 0.29) is 16.9 Å². The van der Waals surface area contributed by atoms with Crippen LogP contribution in [0.15, 0.2) is 59.2 Å². The Morgan fingerprint density at radius 2 is 1.96 bits per heavy atom. The summed E-state index contributed by atoms with van der Waals surface area (Å²) in [6, 6.07) is 0. The molecule has 2 rings (SSSR count). The fraction of sp³-hybridized carbons (Fsp3) is 0.545. The first kappa shape index (κ1) is 19.4. The van der Waals surface area contributed by atoms with Gasteiger partial charge >= 0.3 is 0 Å². The molecule has 1 N–H and O–H groups in total. The first-order valence-electron chi connectivity index (χ1n) is 8.96. The summed E-state index contributed by atoms with van der Waals surface area (Å²) < 4.78 is 0. The number of aliphatic hydroxyl groups excluding tert-OH is 1. The summed E-state index contributed by atoms with van der Waals surface area (Å²) in [6.07, 6.45) is 11.6. The van der Waals surface area contributed by atoms with Crippen LogP contribution in [0.1, 0.15) is 53.9 Å². The lowest BCUT2D eigenvalue weighted by Gasteiger charge is -2.35. The first-order chi connectivity index (χ1) is 11.1. The average Bonchev–Trinajstić information content (AvgIpc) is 2.42. The minimum Gasteiger partial charge on any atom is -0.393 e. The van der Waals surface area contributed by atoms with E-state index in [4.69, 9.17) is 0 Å². The molecule has 0 aromatic heterocycles. The van der Waals surface area contributed by atoms with Gasteiger partial charge in [0.25, 0.3) is 0 Å². The quantitative estimate of drug-likeness (QED) is 0.589. The van der Waals surface area contributed by atoms with Gasteiger partial charge in [-0.3, -0.25) is 0 Å². The number of rotatable bonds is 4.